The van der Waals surface area contributed by atoms with Crippen molar-refractivity contribution in [3.05, 3.63) is 35.4 Å². The van der Waals surface area contributed by atoms with Gasteiger partial charge in [0.25, 0.3) is 0 Å². The van der Waals surface area contributed by atoms with Gasteiger partial charge in [-0.05, 0) is 63.5 Å². The van der Waals surface area contributed by atoms with Gasteiger partial charge in [0.1, 0.15) is 0 Å². The SMILES string of the molecule is Cc1ccc([C@H]2C[C@H]3CCC(C2CN(C)C(=O)CCCCC2SCC4NC(=O)NC42)N3C)cc1. The summed E-state index contributed by atoms with van der Waals surface area (Å²) >= 11 is 1.95. The summed E-state index contributed by atoms with van der Waals surface area (Å²) in [4.78, 5) is 29.2. The van der Waals surface area contributed by atoms with E-state index in [1.165, 1.54) is 30.4 Å². The molecule has 6 nitrogen and oxygen atoms in total. The number of piperidine rings is 1. The Morgan fingerprint density at radius 1 is 1.18 bits per heavy atom. The van der Waals surface area contributed by atoms with Crippen molar-refractivity contribution in [1.29, 1.82) is 0 Å². The lowest BCUT2D eigenvalue weighted by molar-refractivity contribution is -0.131. The molecular formula is C27H40N4O2S. The lowest BCUT2D eigenvalue weighted by Crippen LogP contribution is -2.50. The molecular weight excluding hydrogens is 444 g/mol. The van der Waals surface area contributed by atoms with Gasteiger partial charge in [-0.3, -0.25) is 4.79 Å². The molecule has 186 valence electrons. The molecule has 2 bridgehead atoms. The molecule has 0 spiro atoms. The topological polar surface area (TPSA) is 64.7 Å². The van der Waals surface area contributed by atoms with Crippen LogP contribution >= 0.6 is 11.8 Å². The number of hydrogen-bond donors (Lipinski definition) is 2. The quantitative estimate of drug-likeness (QED) is 0.436. The van der Waals surface area contributed by atoms with Gasteiger partial charge >= 0.3 is 6.03 Å². The van der Waals surface area contributed by atoms with E-state index in [1.54, 1.807) is 0 Å². The lowest BCUT2D eigenvalue weighted by atomic mass is 9.75. The number of unbranched alkanes of at least 4 members (excludes halogenated alkanes) is 1. The van der Waals surface area contributed by atoms with Crippen LogP contribution in [0.3, 0.4) is 0 Å². The summed E-state index contributed by atoms with van der Waals surface area (Å²) < 4.78 is 0. The first kappa shape index (κ1) is 24.0. The second kappa shape index (κ2) is 10.1. The fraction of sp³-hybridized carbons (Fsp3) is 0.704. The minimum atomic E-state index is -0.0250. The maximum Gasteiger partial charge on any atom is 0.315 e. The zero-order valence-electron chi connectivity index (χ0n) is 20.8. The summed E-state index contributed by atoms with van der Waals surface area (Å²) in [6, 6.07) is 10.9. The summed E-state index contributed by atoms with van der Waals surface area (Å²) in [6.45, 7) is 3.00. The van der Waals surface area contributed by atoms with Crippen LogP contribution < -0.4 is 10.6 Å². The maximum absolute atomic E-state index is 13.1. The van der Waals surface area contributed by atoms with Gasteiger partial charge in [-0.1, -0.05) is 36.2 Å². The van der Waals surface area contributed by atoms with Crippen molar-refractivity contribution in [3.8, 4) is 0 Å². The number of nitrogens with zero attached hydrogens (tertiary/aromatic N) is 2. The summed E-state index contributed by atoms with van der Waals surface area (Å²) in [5, 5.41) is 6.54. The van der Waals surface area contributed by atoms with Gasteiger partial charge in [0.2, 0.25) is 5.91 Å². The molecule has 0 aliphatic carbocycles. The number of fused-ring (bicyclic) bond motifs is 3. The van der Waals surface area contributed by atoms with Crippen LogP contribution in [0.1, 0.15) is 62.0 Å². The minimum absolute atomic E-state index is 0.0250. The smallest absolute Gasteiger partial charge is 0.315 e. The van der Waals surface area contributed by atoms with Crippen LogP contribution in [-0.2, 0) is 4.79 Å². The number of carbonyl (C=O) groups is 2. The van der Waals surface area contributed by atoms with E-state index in [9.17, 15) is 9.59 Å². The van der Waals surface area contributed by atoms with Gasteiger partial charge in [0, 0.05) is 43.1 Å². The average molecular weight is 485 g/mol. The molecule has 7 atom stereocenters. The highest BCUT2D eigenvalue weighted by molar-refractivity contribution is 8.00. The van der Waals surface area contributed by atoms with Crippen molar-refractivity contribution < 1.29 is 9.59 Å². The van der Waals surface area contributed by atoms with E-state index < -0.39 is 0 Å². The highest BCUT2D eigenvalue weighted by Gasteiger charge is 2.46. The Kier molecular flexibility index (Phi) is 7.12. The molecule has 0 radical (unpaired) electrons. The number of urea groups is 1. The number of carbonyl (C=O) groups excluding carboxylic acids is 2. The fourth-order valence-electron chi connectivity index (χ4n) is 6.90. The monoisotopic (exact) mass is 484 g/mol. The lowest BCUT2D eigenvalue weighted by Gasteiger charge is -2.44. The number of nitrogens with one attached hydrogen (secondary N) is 2. The number of hydrogen-bond acceptors (Lipinski definition) is 4. The van der Waals surface area contributed by atoms with Gasteiger partial charge in [0.05, 0.1) is 12.1 Å². The first-order valence-electron chi connectivity index (χ1n) is 13.1. The van der Waals surface area contributed by atoms with Crippen molar-refractivity contribution in [1.82, 2.24) is 20.4 Å². The highest BCUT2D eigenvalue weighted by atomic mass is 32.2. The predicted molar refractivity (Wildman–Crippen MR) is 138 cm³/mol. The Morgan fingerprint density at radius 2 is 1.97 bits per heavy atom. The van der Waals surface area contributed by atoms with E-state index in [4.69, 9.17) is 0 Å². The maximum atomic E-state index is 13.1. The van der Waals surface area contributed by atoms with Crippen LogP contribution in [0.2, 0.25) is 0 Å². The molecule has 5 unspecified atom stereocenters. The van der Waals surface area contributed by atoms with E-state index in [0.29, 0.717) is 35.6 Å². The molecule has 34 heavy (non-hydrogen) atoms. The van der Waals surface area contributed by atoms with Gasteiger partial charge in [-0.2, -0.15) is 11.8 Å². The zero-order valence-corrected chi connectivity index (χ0v) is 21.7. The van der Waals surface area contributed by atoms with Crippen molar-refractivity contribution in [3.63, 3.8) is 0 Å². The molecule has 0 aromatic heterocycles. The normalized spacial score (nSPS) is 34.6. The average Bonchev–Trinajstić information content (AvgIpc) is 3.44. The van der Waals surface area contributed by atoms with Crippen molar-refractivity contribution in [2.24, 2.45) is 5.92 Å². The molecule has 4 fully saturated rings. The van der Waals surface area contributed by atoms with Crippen LogP contribution in [0.25, 0.3) is 0 Å². The third kappa shape index (κ3) is 4.83. The molecule has 1 aromatic rings. The molecule has 4 heterocycles. The number of rotatable bonds is 8. The molecule has 5 rings (SSSR count). The van der Waals surface area contributed by atoms with Gasteiger partial charge in [-0.15, -0.1) is 0 Å². The Hall–Kier alpha value is -1.73. The van der Waals surface area contributed by atoms with Crippen molar-refractivity contribution in [2.45, 2.75) is 87.2 Å². The molecule has 3 amide bonds. The van der Waals surface area contributed by atoms with Crippen LogP contribution in [-0.4, -0.2) is 77.5 Å². The minimum Gasteiger partial charge on any atom is -0.345 e. The first-order chi connectivity index (χ1) is 16.4. The second-order valence-electron chi connectivity index (χ2n) is 11.0. The Labute approximate surface area is 208 Å². The van der Waals surface area contributed by atoms with Gasteiger partial charge in [-0.25, -0.2) is 4.79 Å². The zero-order chi connectivity index (χ0) is 23.8. The third-order valence-electron chi connectivity index (χ3n) is 8.92. The summed E-state index contributed by atoms with van der Waals surface area (Å²) in [5.41, 5.74) is 2.75. The number of amides is 3. The molecule has 1 aromatic carbocycles. The van der Waals surface area contributed by atoms with Crippen LogP contribution in [0.4, 0.5) is 4.79 Å². The van der Waals surface area contributed by atoms with Gasteiger partial charge in [0.15, 0.2) is 0 Å². The molecule has 4 aliphatic rings. The van der Waals surface area contributed by atoms with Crippen LogP contribution in [0.5, 0.6) is 0 Å². The first-order valence-corrected chi connectivity index (χ1v) is 14.2. The van der Waals surface area contributed by atoms with Gasteiger partial charge < -0.3 is 20.4 Å². The molecule has 0 saturated carbocycles. The summed E-state index contributed by atoms with van der Waals surface area (Å²) in [7, 11) is 4.29. The van der Waals surface area contributed by atoms with E-state index in [-0.39, 0.29) is 24.0 Å². The van der Waals surface area contributed by atoms with E-state index in [1.807, 2.05) is 23.7 Å². The summed E-state index contributed by atoms with van der Waals surface area (Å²) in [6.07, 6.45) is 7.40. The Bertz CT molecular complexity index is 893. The van der Waals surface area contributed by atoms with E-state index in [0.717, 1.165) is 31.6 Å². The highest BCUT2D eigenvalue weighted by Crippen LogP contribution is 2.46. The van der Waals surface area contributed by atoms with Crippen molar-refractivity contribution >= 4 is 23.7 Å². The molecule has 2 N–H and O–H groups in total. The standard InChI is InChI=1S/C27H40N4O2S/c1-17-8-10-18(11-9-17)20-14-19-12-13-23(31(19)3)21(20)15-30(2)25(32)7-5-4-6-24-26-22(16-34-24)28-27(33)29-26/h8-11,19-24,26H,4-7,12-16H2,1-3H3,(H2,28,29,33)/t19-,20-,21?,22?,23?,24?,26?/m1/s1. The Morgan fingerprint density at radius 3 is 2.76 bits per heavy atom. The molecule has 4 saturated heterocycles. The third-order valence-corrected chi connectivity index (χ3v) is 10.4. The molecule has 4 aliphatic heterocycles. The number of thioether (sulfide) groups is 1. The fourth-order valence-corrected chi connectivity index (χ4v) is 8.44. The predicted octanol–water partition coefficient (Wildman–Crippen LogP) is 3.75. The second-order valence-corrected chi connectivity index (χ2v) is 12.3. The molecule has 7 heteroatoms. The van der Waals surface area contributed by atoms with Crippen molar-refractivity contribution in [2.75, 3.05) is 26.4 Å². The van der Waals surface area contributed by atoms with Crippen LogP contribution in [0, 0.1) is 12.8 Å². The van der Waals surface area contributed by atoms with Crippen LogP contribution in [0.15, 0.2) is 24.3 Å². The number of benzene rings is 1. The largest absolute Gasteiger partial charge is 0.345 e. The summed E-state index contributed by atoms with van der Waals surface area (Å²) in [5.74, 6) is 2.30. The van der Waals surface area contributed by atoms with E-state index in [2.05, 4.69) is 53.8 Å². The van der Waals surface area contributed by atoms with E-state index >= 15 is 0 Å². The Balaban J connectivity index is 1.13. The number of aryl methyl sites for hydroxylation is 1.